The molecule has 0 aliphatic heterocycles. The number of hydrogen-bond acceptors (Lipinski definition) is 4. The first-order chi connectivity index (χ1) is 13.8. The van der Waals surface area contributed by atoms with Crippen LogP contribution in [0.4, 0.5) is 11.4 Å². The lowest BCUT2D eigenvalue weighted by Gasteiger charge is -2.27. The number of benzene rings is 2. The SMILES string of the molecule is Cc1cccc(NC(=O)COCC(=O)N(Cc2ccc(N(C)C)cc2)C(C)C)c1. The minimum atomic E-state index is -0.279. The van der Waals surface area contributed by atoms with E-state index in [1.165, 1.54) is 0 Å². The third-order valence-corrected chi connectivity index (χ3v) is 4.51. The number of nitrogens with one attached hydrogen (secondary N) is 1. The van der Waals surface area contributed by atoms with E-state index >= 15 is 0 Å². The van der Waals surface area contributed by atoms with E-state index in [1.807, 2.05) is 88.3 Å². The molecule has 2 aromatic carbocycles. The number of anilines is 2. The lowest BCUT2D eigenvalue weighted by Crippen LogP contribution is -2.39. The molecule has 0 aliphatic carbocycles. The van der Waals surface area contributed by atoms with Crippen LogP contribution in [0, 0.1) is 6.92 Å². The van der Waals surface area contributed by atoms with Crippen LogP contribution in [0.25, 0.3) is 0 Å². The molecule has 2 rings (SSSR count). The van der Waals surface area contributed by atoms with Gasteiger partial charge in [-0.15, -0.1) is 0 Å². The first-order valence-corrected chi connectivity index (χ1v) is 9.76. The molecular formula is C23H31N3O3. The normalized spacial score (nSPS) is 10.7. The molecule has 6 heteroatoms. The second-order valence-electron chi connectivity index (χ2n) is 7.59. The Morgan fingerprint density at radius 1 is 1.03 bits per heavy atom. The molecule has 0 saturated heterocycles. The van der Waals surface area contributed by atoms with Crippen LogP contribution in [0.1, 0.15) is 25.0 Å². The fourth-order valence-electron chi connectivity index (χ4n) is 2.89. The summed E-state index contributed by atoms with van der Waals surface area (Å²) < 4.78 is 5.37. The fraction of sp³-hybridized carbons (Fsp3) is 0.391. The van der Waals surface area contributed by atoms with Gasteiger partial charge in [0.15, 0.2) is 0 Å². The highest BCUT2D eigenvalue weighted by atomic mass is 16.5. The van der Waals surface area contributed by atoms with Crippen molar-refractivity contribution < 1.29 is 14.3 Å². The second kappa shape index (κ2) is 10.6. The molecule has 0 heterocycles. The second-order valence-corrected chi connectivity index (χ2v) is 7.59. The van der Waals surface area contributed by atoms with Crippen molar-refractivity contribution in [1.29, 1.82) is 0 Å². The van der Waals surface area contributed by atoms with Crippen molar-refractivity contribution in [1.82, 2.24) is 4.90 Å². The highest BCUT2D eigenvalue weighted by Gasteiger charge is 2.18. The van der Waals surface area contributed by atoms with Gasteiger partial charge in [-0.3, -0.25) is 9.59 Å². The number of carbonyl (C=O) groups excluding carboxylic acids is 2. The standard InChI is InChI=1S/C23H31N3O3/c1-17(2)26(14-19-9-11-21(12-10-19)25(4)5)23(28)16-29-15-22(27)24-20-8-6-7-18(3)13-20/h6-13,17H,14-16H2,1-5H3,(H,24,27). The number of hydrogen-bond donors (Lipinski definition) is 1. The Kier molecular flexibility index (Phi) is 8.21. The summed E-state index contributed by atoms with van der Waals surface area (Å²) >= 11 is 0. The van der Waals surface area contributed by atoms with Gasteiger partial charge in [0.05, 0.1) is 0 Å². The molecule has 0 aromatic heterocycles. The van der Waals surface area contributed by atoms with Gasteiger partial charge in [-0.25, -0.2) is 0 Å². The molecule has 0 atom stereocenters. The van der Waals surface area contributed by atoms with Crippen molar-refractivity contribution in [3.63, 3.8) is 0 Å². The van der Waals surface area contributed by atoms with E-state index in [-0.39, 0.29) is 31.1 Å². The van der Waals surface area contributed by atoms with Gasteiger partial charge in [0, 0.05) is 38.1 Å². The van der Waals surface area contributed by atoms with Gasteiger partial charge in [0.2, 0.25) is 11.8 Å². The molecule has 0 saturated carbocycles. The van der Waals surface area contributed by atoms with Crippen molar-refractivity contribution in [2.45, 2.75) is 33.4 Å². The fourth-order valence-corrected chi connectivity index (χ4v) is 2.89. The lowest BCUT2D eigenvalue weighted by molar-refractivity contribution is -0.139. The monoisotopic (exact) mass is 397 g/mol. The van der Waals surface area contributed by atoms with Crippen molar-refractivity contribution >= 4 is 23.2 Å². The van der Waals surface area contributed by atoms with E-state index in [9.17, 15) is 9.59 Å². The van der Waals surface area contributed by atoms with E-state index in [2.05, 4.69) is 5.32 Å². The van der Waals surface area contributed by atoms with E-state index < -0.39 is 0 Å². The smallest absolute Gasteiger partial charge is 0.250 e. The molecule has 1 N–H and O–H groups in total. The van der Waals surface area contributed by atoms with Gasteiger partial charge < -0.3 is 19.9 Å². The van der Waals surface area contributed by atoms with Crippen LogP contribution in [-0.4, -0.2) is 50.1 Å². The lowest BCUT2D eigenvalue weighted by atomic mass is 10.1. The van der Waals surface area contributed by atoms with E-state index in [4.69, 9.17) is 4.74 Å². The van der Waals surface area contributed by atoms with Crippen LogP contribution in [0.15, 0.2) is 48.5 Å². The molecule has 156 valence electrons. The Morgan fingerprint density at radius 2 is 1.72 bits per heavy atom. The van der Waals surface area contributed by atoms with Crippen LogP contribution >= 0.6 is 0 Å². The van der Waals surface area contributed by atoms with Gasteiger partial charge in [0.1, 0.15) is 13.2 Å². The predicted octanol–water partition coefficient (Wildman–Crippen LogP) is 3.45. The van der Waals surface area contributed by atoms with Crippen molar-refractivity contribution in [3.8, 4) is 0 Å². The zero-order valence-electron chi connectivity index (χ0n) is 17.9. The number of ether oxygens (including phenoxy) is 1. The summed E-state index contributed by atoms with van der Waals surface area (Å²) in [6.45, 7) is 6.11. The van der Waals surface area contributed by atoms with Crippen LogP contribution in [0.3, 0.4) is 0 Å². The highest BCUT2D eigenvalue weighted by molar-refractivity contribution is 5.92. The van der Waals surface area contributed by atoms with Crippen LogP contribution in [0.2, 0.25) is 0 Å². The minimum Gasteiger partial charge on any atom is -0.378 e. The number of nitrogens with zero attached hydrogens (tertiary/aromatic N) is 2. The first kappa shape index (κ1) is 22.4. The molecule has 2 amide bonds. The molecule has 0 spiro atoms. The van der Waals surface area contributed by atoms with Gasteiger partial charge in [-0.05, 0) is 56.2 Å². The van der Waals surface area contributed by atoms with Gasteiger partial charge >= 0.3 is 0 Å². The Bertz CT molecular complexity index is 816. The van der Waals surface area contributed by atoms with E-state index in [0.717, 1.165) is 22.5 Å². The van der Waals surface area contributed by atoms with Crippen molar-refractivity contribution in [2.24, 2.45) is 0 Å². The molecular weight excluding hydrogens is 366 g/mol. The summed E-state index contributed by atoms with van der Waals surface area (Å²) in [5.74, 6) is -0.418. The van der Waals surface area contributed by atoms with Crippen LogP contribution in [0.5, 0.6) is 0 Å². The third kappa shape index (κ3) is 7.23. The number of aryl methyl sites for hydroxylation is 1. The molecule has 29 heavy (non-hydrogen) atoms. The number of carbonyl (C=O) groups is 2. The van der Waals surface area contributed by atoms with Gasteiger partial charge in [0.25, 0.3) is 0 Å². The molecule has 0 aliphatic rings. The van der Waals surface area contributed by atoms with Crippen molar-refractivity contribution in [2.75, 3.05) is 37.5 Å². The summed E-state index contributed by atoms with van der Waals surface area (Å²) in [4.78, 5) is 28.4. The molecule has 0 radical (unpaired) electrons. The minimum absolute atomic E-state index is 0.0285. The van der Waals surface area contributed by atoms with E-state index in [0.29, 0.717) is 6.54 Å². The Labute approximate surface area is 173 Å². The summed E-state index contributed by atoms with van der Waals surface area (Å²) in [5.41, 5.74) is 3.94. The summed E-state index contributed by atoms with van der Waals surface area (Å²) in [7, 11) is 3.98. The maximum absolute atomic E-state index is 12.6. The quantitative estimate of drug-likeness (QED) is 0.704. The maximum atomic E-state index is 12.6. The summed E-state index contributed by atoms with van der Waals surface area (Å²) in [6, 6.07) is 15.7. The summed E-state index contributed by atoms with van der Waals surface area (Å²) in [5, 5.41) is 2.77. The topological polar surface area (TPSA) is 61.9 Å². The highest BCUT2D eigenvalue weighted by Crippen LogP contribution is 2.15. The third-order valence-electron chi connectivity index (χ3n) is 4.51. The van der Waals surface area contributed by atoms with Gasteiger partial charge in [-0.2, -0.15) is 0 Å². The van der Waals surface area contributed by atoms with Crippen molar-refractivity contribution in [3.05, 3.63) is 59.7 Å². The first-order valence-electron chi connectivity index (χ1n) is 9.76. The Morgan fingerprint density at radius 3 is 2.31 bits per heavy atom. The average Bonchev–Trinajstić information content (AvgIpc) is 2.66. The van der Waals surface area contributed by atoms with Gasteiger partial charge in [-0.1, -0.05) is 24.3 Å². The maximum Gasteiger partial charge on any atom is 0.250 e. The average molecular weight is 398 g/mol. The summed E-state index contributed by atoms with van der Waals surface area (Å²) in [6.07, 6.45) is 0. The van der Waals surface area contributed by atoms with E-state index in [1.54, 1.807) is 4.90 Å². The molecule has 2 aromatic rings. The Hall–Kier alpha value is -2.86. The molecule has 0 unspecified atom stereocenters. The molecule has 0 bridgehead atoms. The number of amides is 2. The largest absolute Gasteiger partial charge is 0.378 e. The molecule has 0 fully saturated rings. The Balaban J connectivity index is 1.85. The molecule has 6 nitrogen and oxygen atoms in total. The number of rotatable bonds is 9. The zero-order valence-corrected chi connectivity index (χ0v) is 17.9. The van der Waals surface area contributed by atoms with Crippen LogP contribution < -0.4 is 10.2 Å². The van der Waals surface area contributed by atoms with Crippen LogP contribution in [-0.2, 0) is 20.9 Å². The predicted molar refractivity (Wildman–Crippen MR) is 117 cm³/mol. The zero-order chi connectivity index (χ0) is 21.4.